The van der Waals surface area contributed by atoms with Gasteiger partial charge in [0.05, 0.1) is 6.42 Å². The van der Waals surface area contributed by atoms with Crippen LogP contribution in [0.2, 0.25) is 0 Å². The summed E-state index contributed by atoms with van der Waals surface area (Å²) in [7, 11) is -4.84. The minimum Gasteiger partial charge on any atom is -1.00 e. The molecule has 1 aliphatic carbocycles. The fourth-order valence-corrected chi connectivity index (χ4v) is 3.08. The Hall–Kier alpha value is 0.850. The molecule has 0 heterocycles. The molecule has 0 aliphatic heterocycles. The maximum absolute atomic E-state index is 10.2. The Bertz CT molecular complexity index is 489. The number of hydrogen-bond acceptors (Lipinski definition) is 4. The zero-order valence-electron chi connectivity index (χ0n) is 18.3. The molecule has 146 valence electrons. The molecule has 3 N–H and O–H groups in total. The van der Waals surface area contributed by atoms with Crippen molar-refractivity contribution in [3.8, 4) is 0 Å². The van der Waals surface area contributed by atoms with Crippen LogP contribution in [0.3, 0.4) is 0 Å². The summed E-state index contributed by atoms with van der Waals surface area (Å²) in [5.41, 5.74) is 0. The Kier molecular flexibility index (Phi) is 21.7. The quantitative estimate of drug-likeness (QED) is 0.195. The van der Waals surface area contributed by atoms with Crippen LogP contribution < -0.4 is 59.1 Å². The van der Waals surface area contributed by atoms with E-state index in [4.69, 9.17) is 14.8 Å². The van der Waals surface area contributed by atoms with Gasteiger partial charge in [0, 0.05) is 0 Å². The van der Waals surface area contributed by atoms with E-state index in [0.29, 0.717) is 0 Å². The molecule has 0 spiro atoms. The molecule has 0 aromatic heterocycles. The van der Waals surface area contributed by atoms with Gasteiger partial charge in [-0.3, -0.25) is 14.1 Å². The zero-order valence-corrected chi connectivity index (χ0v) is 21.1. The molecule has 0 aromatic rings. The van der Waals surface area contributed by atoms with Gasteiger partial charge in [0.1, 0.15) is 0 Å². The molecule has 0 saturated heterocycles. The number of aliphatic carboxylic acids is 2. The molecule has 10 heteroatoms. The summed E-state index contributed by atoms with van der Waals surface area (Å²) >= 11 is 0. The van der Waals surface area contributed by atoms with Crippen molar-refractivity contribution in [2.24, 2.45) is 5.92 Å². The van der Waals surface area contributed by atoms with Gasteiger partial charge in [-0.25, -0.2) is 0 Å². The molecule has 0 aromatic carbocycles. The van der Waals surface area contributed by atoms with Gasteiger partial charge in [-0.15, -0.1) is 0 Å². The van der Waals surface area contributed by atoms with Crippen molar-refractivity contribution in [2.75, 3.05) is 0 Å². The third kappa shape index (κ3) is 17.0. The van der Waals surface area contributed by atoms with Crippen molar-refractivity contribution < 1.29 is 94.7 Å². The van der Waals surface area contributed by atoms with Crippen LogP contribution in [0.25, 0.3) is 0 Å². The third-order valence-corrected chi connectivity index (χ3v) is 5.27. The fourth-order valence-electron chi connectivity index (χ4n) is 2.47. The van der Waals surface area contributed by atoms with Gasteiger partial charge >= 0.3 is 71.1 Å². The van der Waals surface area contributed by atoms with E-state index in [1.807, 2.05) is 0 Å². The van der Waals surface area contributed by atoms with Gasteiger partial charge in [-0.2, -0.15) is 8.42 Å². The first-order valence-corrected chi connectivity index (χ1v) is 10.1. The summed E-state index contributed by atoms with van der Waals surface area (Å²) in [6.07, 6.45) is 13.8. The van der Waals surface area contributed by atoms with Crippen LogP contribution in [-0.4, -0.2) is 40.4 Å². The van der Waals surface area contributed by atoms with Gasteiger partial charge < -0.3 is 13.1 Å². The summed E-state index contributed by atoms with van der Waals surface area (Å²) in [6.45, 7) is 2.29. The topological polar surface area (TPSA) is 129 Å². The first kappa shape index (κ1) is 31.5. The molecule has 1 fully saturated rings. The molecule has 26 heavy (non-hydrogen) atoms. The molecular weight excluding hydrogens is 382 g/mol. The summed E-state index contributed by atoms with van der Waals surface area (Å²) in [4.78, 5) is 20.0. The SMILES string of the molecule is CCCCCCCCC1CCC1.O=C(O)CC(C(=O)O)S(=O)(=O)O.[H-].[H-].[Na+].[Na+]. The number of unbranched alkanes of at least 4 members (excludes halogenated alkanes) is 5. The number of carboxylic acids is 2. The molecule has 1 aliphatic rings. The summed E-state index contributed by atoms with van der Waals surface area (Å²) in [5, 5.41) is 13.9. The van der Waals surface area contributed by atoms with E-state index < -0.39 is 33.7 Å². The van der Waals surface area contributed by atoms with Crippen molar-refractivity contribution in [3.05, 3.63) is 0 Å². The van der Waals surface area contributed by atoms with E-state index in [0.717, 1.165) is 5.92 Å². The normalized spacial score (nSPS) is 14.5. The number of carboxylic acid groups (broad SMARTS) is 2. The van der Waals surface area contributed by atoms with Crippen LogP contribution in [0.5, 0.6) is 0 Å². The first-order chi connectivity index (χ1) is 11.2. The number of rotatable bonds is 11. The minimum atomic E-state index is -4.84. The van der Waals surface area contributed by atoms with Crippen LogP contribution in [0.4, 0.5) is 0 Å². The van der Waals surface area contributed by atoms with Gasteiger partial charge in [-0.1, -0.05) is 71.1 Å². The van der Waals surface area contributed by atoms with Gasteiger partial charge in [-0.05, 0) is 5.92 Å². The average Bonchev–Trinajstić information content (AvgIpc) is 2.41. The van der Waals surface area contributed by atoms with Crippen LogP contribution >= 0.6 is 0 Å². The molecule has 7 nitrogen and oxygen atoms in total. The Morgan fingerprint density at radius 2 is 1.54 bits per heavy atom. The van der Waals surface area contributed by atoms with Crippen LogP contribution in [0, 0.1) is 5.92 Å². The van der Waals surface area contributed by atoms with Crippen LogP contribution in [0.1, 0.15) is 80.4 Å². The standard InChI is InChI=1S/C12H24.C4H6O7S.2Na.2H/c1-2-3-4-5-6-7-9-12-10-8-11-12;5-3(6)1-2(4(7)8)12(9,10)11;;;;/h12H,2-11H2,1H3;2H,1H2,(H,5,6)(H,7,8)(H,9,10,11);;;;/q;;2*+1;2*-1. The van der Waals surface area contributed by atoms with Gasteiger partial charge in [0.25, 0.3) is 10.1 Å². The Morgan fingerprint density at radius 3 is 1.85 bits per heavy atom. The van der Waals surface area contributed by atoms with Crippen molar-refractivity contribution in [3.63, 3.8) is 0 Å². The first-order valence-electron chi connectivity index (χ1n) is 8.59. The van der Waals surface area contributed by atoms with E-state index in [1.165, 1.54) is 64.2 Å². The largest absolute Gasteiger partial charge is 1.00 e. The summed E-state index contributed by atoms with van der Waals surface area (Å²) < 4.78 is 28.7. The van der Waals surface area contributed by atoms with E-state index in [2.05, 4.69) is 6.92 Å². The van der Waals surface area contributed by atoms with Gasteiger partial charge in [0.2, 0.25) is 0 Å². The maximum Gasteiger partial charge on any atom is 1.00 e. The predicted octanol–water partition coefficient (Wildman–Crippen LogP) is -2.43. The molecule has 1 saturated carbocycles. The zero-order chi connectivity index (χ0) is 18.6. The summed E-state index contributed by atoms with van der Waals surface area (Å²) in [5.74, 6) is -2.36. The second-order valence-electron chi connectivity index (χ2n) is 6.29. The van der Waals surface area contributed by atoms with Gasteiger partial charge in [0.15, 0.2) is 5.25 Å². The van der Waals surface area contributed by atoms with Crippen molar-refractivity contribution in [1.82, 2.24) is 0 Å². The number of carbonyl (C=O) groups is 2. The molecule has 0 amide bonds. The molecular formula is C16H32Na2O7S. The number of hydrogen-bond donors (Lipinski definition) is 3. The Balaban J connectivity index is -0.000000110. The van der Waals surface area contributed by atoms with E-state index in [1.54, 1.807) is 0 Å². The molecule has 1 atom stereocenters. The molecule has 1 unspecified atom stereocenters. The van der Waals surface area contributed by atoms with Crippen molar-refractivity contribution >= 4 is 22.1 Å². The monoisotopic (exact) mass is 414 g/mol. The summed E-state index contributed by atoms with van der Waals surface area (Å²) in [6, 6.07) is 0. The molecule has 0 radical (unpaired) electrons. The van der Waals surface area contributed by atoms with E-state index in [-0.39, 0.29) is 62.0 Å². The maximum atomic E-state index is 10.2. The third-order valence-electron chi connectivity index (χ3n) is 4.19. The minimum absolute atomic E-state index is 0. The molecule has 0 bridgehead atoms. The smallest absolute Gasteiger partial charge is 1.00 e. The predicted molar refractivity (Wildman–Crippen MR) is 92.8 cm³/mol. The van der Waals surface area contributed by atoms with E-state index in [9.17, 15) is 18.0 Å². The second kappa shape index (κ2) is 17.9. The van der Waals surface area contributed by atoms with E-state index >= 15 is 0 Å². The van der Waals surface area contributed by atoms with Crippen molar-refractivity contribution in [2.45, 2.75) is 82.8 Å². The Labute approximate surface area is 204 Å². The van der Waals surface area contributed by atoms with Crippen LogP contribution in [0.15, 0.2) is 0 Å². The van der Waals surface area contributed by atoms with Crippen LogP contribution in [-0.2, 0) is 19.7 Å². The average molecular weight is 414 g/mol. The Morgan fingerprint density at radius 1 is 1.04 bits per heavy atom. The van der Waals surface area contributed by atoms with Crippen molar-refractivity contribution in [1.29, 1.82) is 0 Å². The second-order valence-corrected chi connectivity index (χ2v) is 7.89. The fraction of sp³-hybridized carbons (Fsp3) is 0.875. The molecule has 1 rings (SSSR count).